The highest BCUT2D eigenvalue weighted by atomic mass is 79.9. The lowest BCUT2D eigenvalue weighted by molar-refractivity contribution is -0.123. The first-order valence-corrected chi connectivity index (χ1v) is 13.1. The summed E-state index contributed by atoms with van der Waals surface area (Å²) < 4.78 is 16.4. The summed E-state index contributed by atoms with van der Waals surface area (Å²) in [4.78, 5) is 13.5. The van der Waals surface area contributed by atoms with Crippen LogP contribution in [0.3, 0.4) is 0 Å². The van der Waals surface area contributed by atoms with Crippen LogP contribution in [0.15, 0.2) is 46.9 Å². The number of hydrogen-bond donors (Lipinski definition) is 4. The third-order valence-electron chi connectivity index (χ3n) is 6.66. The van der Waals surface area contributed by atoms with Crippen LogP contribution in [0.25, 0.3) is 0 Å². The molecule has 0 saturated carbocycles. The molecule has 0 aliphatic carbocycles. The van der Waals surface area contributed by atoms with Gasteiger partial charge in [0.15, 0.2) is 0 Å². The lowest BCUT2D eigenvalue weighted by Crippen LogP contribution is -2.46. The van der Waals surface area contributed by atoms with Gasteiger partial charge in [-0.25, -0.2) is 4.39 Å². The molecule has 6 nitrogen and oxygen atoms in total. The zero-order chi connectivity index (χ0) is 26.7. The Labute approximate surface area is 225 Å². The standard InChI is InChI=1S/C27H32BrClFN3O3/c1-26(2,3)13-21-27(15-31,16-7-9-17(28)10-8-16)22(19-5-4-6-20(29)23(19)30)24(33-21)25(36)32-12-11-18(35)14-34/h4-10,18,21-22,24,33-35H,11-14H2,1-3H3,(H,32,36)/t18-,21?,22?,24?,27?/m0/s1. The molecular formula is C27H32BrClFN3O3. The number of aliphatic hydroxyl groups excluding tert-OH is 2. The summed E-state index contributed by atoms with van der Waals surface area (Å²) in [7, 11) is 0. The van der Waals surface area contributed by atoms with E-state index in [1.165, 1.54) is 6.07 Å². The first-order chi connectivity index (χ1) is 16.9. The van der Waals surface area contributed by atoms with E-state index in [9.17, 15) is 15.2 Å². The van der Waals surface area contributed by atoms with Gasteiger partial charge in [-0.05, 0) is 47.6 Å². The van der Waals surface area contributed by atoms with E-state index in [1.807, 2.05) is 24.3 Å². The number of aliphatic hydroxyl groups is 2. The van der Waals surface area contributed by atoms with Crippen LogP contribution in [-0.2, 0) is 10.2 Å². The fraction of sp³-hybridized carbons (Fsp3) is 0.481. The van der Waals surface area contributed by atoms with E-state index in [2.05, 4.69) is 53.4 Å². The van der Waals surface area contributed by atoms with Crippen molar-refractivity contribution in [2.24, 2.45) is 5.41 Å². The average Bonchev–Trinajstić information content (AvgIpc) is 3.14. The van der Waals surface area contributed by atoms with Crippen LogP contribution >= 0.6 is 27.5 Å². The minimum absolute atomic E-state index is 0.0837. The summed E-state index contributed by atoms with van der Waals surface area (Å²) in [6, 6.07) is 13.0. The Bertz CT molecular complexity index is 1120. The van der Waals surface area contributed by atoms with Crippen LogP contribution < -0.4 is 10.6 Å². The molecule has 0 aromatic heterocycles. The van der Waals surface area contributed by atoms with Gasteiger partial charge in [-0.3, -0.25) is 4.79 Å². The lowest BCUT2D eigenvalue weighted by atomic mass is 9.63. The molecule has 1 amide bonds. The Morgan fingerprint density at radius 3 is 2.56 bits per heavy atom. The maximum atomic E-state index is 15.5. The van der Waals surface area contributed by atoms with Crippen LogP contribution in [0.2, 0.25) is 5.02 Å². The molecule has 1 saturated heterocycles. The van der Waals surface area contributed by atoms with Crippen molar-refractivity contribution in [3.05, 3.63) is 68.9 Å². The Morgan fingerprint density at radius 2 is 1.97 bits per heavy atom. The Kier molecular flexibility index (Phi) is 9.18. The number of hydrogen-bond acceptors (Lipinski definition) is 5. The molecular weight excluding hydrogens is 549 g/mol. The van der Waals surface area contributed by atoms with Gasteiger partial charge < -0.3 is 20.8 Å². The summed E-state index contributed by atoms with van der Waals surface area (Å²) in [5, 5.41) is 35.7. The molecule has 3 rings (SSSR count). The first-order valence-electron chi connectivity index (χ1n) is 11.9. The zero-order valence-electron chi connectivity index (χ0n) is 20.6. The van der Waals surface area contributed by atoms with Crippen molar-refractivity contribution < 1.29 is 19.4 Å². The molecule has 1 heterocycles. The molecule has 36 heavy (non-hydrogen) atoms. The van der Waals surface area contributed by atoms with Gasteiger partial charge in [-0.2, -0.15) is 5.26 Å². The largest absolute Gasteiger partial charge is 0.394 e. The smallest absolute Gasteiger partial charge is 0.237 e. The number of halogens is 3. The van der Waals surface area contributed by atoms with Gasteiger partial charge in [0.25, 0.3) is 0 Å². The van der Waals surface area contributed by atoms with Gasteiger partial charge in [-0.1, -0.05) is 72.6 Å². The van der Waals surface area contributed by atoms with Crippen molar-refractivity contribution in [3.63, 3.8) is 0 Å². The molecule has 1 aliphatic heterocycles. The molecule has 5 atom stereocenters. The van der Waals surface area contributed by atoms with E-state index in [0.29, 0.717) is 12.0 Å². The third kappa shape index (κ3) is 5.92. The van der Waals surface area contributed by atoms with Crippen molar-refractivity contribution in [1.29, 1.82) is 5.26 Å². The van der Waals surface area contributed by atoms with Crippen LogP contribution in [0, 0.1) is 22.6 Å². The Balaban J connectivity index is 2.19. The first kappa shape index (κ1) is 28.5. The maximum absolute atomic E-state index is 15.5. The fourth-order valence-corrected chi connectivity index (χ4v) is 5.50. The van der Waals surface area contributed by atoms with Crippen LogP contribution in [-0.4, -0.2) is 47.5 Å². The molecule has 2 aromatic rings. The highest BCUT2D eigenvalue weighted by Gasteiger charge is 2.60. The van der Waals surface area contributed by atoms with Gasteiger partial charge >= 0.3 is 0 Å². The Hall–Kier alpha value is -2.02. The number of amides is 1. The molecule has 0 radical (unpaired) electrons. The molecule has 4 unspecified atom stereocenters. The number of carbonyl (C=O) groups excluding carboxylic acids is 1. The third-order valence-corrected chi connectivity index (χ3v) is 7.48. The predicted molar refractivity (Wildman–Crippen MR) is 141 cm³/mol. The molecule has 2 aromatic carbocycles. The number of carbonyl (C=O) groups is 1. The second kappa shape index (κ2) is 11.6. The van der Waals surface area contributed by atoms with E-state index in [1.54, 1.807) is 12.1 Å². The Morgan fingerprint density at radius 1 is 1.31 bits per heavy atom. The number of nitrogens with one attached hydrogen (secondary N) is 2. The topological polar surface area (TPSA) is 105 Å². The summed E-state index contributed by atoms with van der Waals surface area (Å²) in [5.41, 5.74) is -0.633. The zero-order valence-corrected chi connectivity index (χ0v) is 22.9. The van der Waals surface area contributed by atoms with Crippen molar-refractivity contribution in [2.45, 2.75) is 63.1 Å². The van der Waals surface area contributed by atoms with Gasteiger partial charge in [-0.15, -0.1) is 0 Å². The molecule has 0 bridgehead atoms. The monoisotopic (exact) mass is 579 g/mol. The van der Waals surface area contributed by atoms with Crippen molar-refractivity contribution in [3.8, 4) is 6.07 Å². The second-order valence-corrected chi connectivity index (χ2v) is 11.8. The van der Waals surface area contributed by atoms with Crippen LogP contribution in [0.4, 0.5) is 4.39 Å². The van der Waals surface area contributed by atoms with Crippen LogP contribution in [0.1, 0.15) is 50.7 Å². The normalized spacial score (nSPS) is 24.8. The number of nitrogens with zero attached hydrogens (tertiary/aromatic N) is 1. The molecule has 0 spiro atoms. The molecule has 1 aliphatic rings. The van der Waals surface area contributed by atoms with Crippen molar-refractivity contribution in [1.82, 2.24) is 10.6 Å². The summed E-state index contributed by atoms with van der Waals surface area (Å²) in [5.74, 6) is -1.97. The van der Waals surface area contributed by atoms with Crippen LogP contribution in [0.5, 0.6) is 0 Å². The summed E-state index contributed by atoms with van der Waals surface area (Å²) >= 11 is 9.60. The molecule has 4 N–H and O–H groups in total. The predicted octanol–water partition coefficient (Wildman–Crippen LogP) is 4.42. The maximum Gasteiger partial charge on any atom is 0.237 e. The van der Waals surface area contributed by atoms with Crippen molar-refractivity contribution in [2.75, 3.05) is 13.2 Å². The van der Waals surface area contributed by atoms with E-state index in [0.717, 1.165) is 4.47 Å². The number of rotatable bonds is 8. The van der Waals surface area contributed by atoms with Gasteiger partial charge in [0, 0.05) is 23.0 Å². The van der Waals surface area contributed by atoms with Gasteiger partial charge in [0.1, 0.15) is 11.2 Å². The number of benzene rings is 2. The highest BCUT2D eigenvalue weighted by Crippen LogP contribution is 2.52. The van der Waals surface area contributed by atoms with E-state index in [-0.39, 0.29) is 29.0 Å². The summed E-state index contributed by atoms with van der Waals surface area (Å²) in [6.45, 7) is 5.86. The van der Waals surface area contributed by atoms with E-state index in [4.69, 9.17) is 16.7 Å². The average molecular weight is 581 g/mol. The minimum Gasteiger partial charge on any atom is -0.394 e. The fourth-order valence-electron chi connectivity index (χ4n) is 5.05. The second-order valence-electron chi connectivity index (χ2n) is 10.5. The SMILES string of the molecule is CC(C)(C)CC1NC(C(=O)NCC[C@H](O)CO)C(c2cccc(Cl)c2F)C1(C#N)c1ccc(Br)cc1. The van der Waals surface area contributed by atoms with E-state index >= 15 is 4.39 Å². The van der Waals surface area contributed by atoms with Gasteiger partial charge in [0.05, 0.1) is 29.8 Å². The highest BCUT2D eigenvalue weighted by molar-refractivity contribution is 9.10. The van der Waals surface area contributed by atoms with Crippen molar-refractivity contribution >= 4 is 33.4 Å². The van der Waals surface area contributed by atoms with E-state index < -0.39 is 47.9 Å². The minimum atomic E-state index is -1.29. The molecule has 1 fully saturated rings. The quantitative estimate of drug-likeness (QED) is 0.370. The summed E-state index contributed by atoms with van der Waals surface area (Å²) in [6.07, 6.45) is -0.257. The lowest BCUT2D eigenvalue weighted by Gasteiger charge is -2.37. The number of nitriles is 1. The molecule has 9 heteroatoms. The van der Waals surface area contributed by atoms with Gasteiger partial charge in [0.2, 0.25) is 5.91 Å². The molecule has 194 valence electrons.